The van der Waals surface area contributed by atoms with Gasteiger partial charge in [0.15, 0.2) is 0 Å². The molecule has 0 aliphatic heterocycles. The van der Waals surface area contributed by atoms with E-state index in [-0.39, 0.29) is 11.3 Å². The van der Waals surface area contributed by atoms with Crippen LogP contribution in [0, 0.1) is 0 Å². The first-order valence-corrected chi connectivity index (χ1v) is 4.14. The van der Waals surface area contributed by atoms with Gasteiger partial charge in [0, 0.05) is 0 Å². The number of rotatable bonds is 2. The first kappa shape index (κ1) is 11.7. The standard InChI is InChI=1S/C9H8N2O5/c12-7(8(13)11-16)10-6-4-2-1-3-5(6)9(14)15/h1-4,16H,(H,10,12)(H,11,13)(H,14,15). The number of hydroxylamine groups is 1. The van der Waals surface area contributed by atoms with Crippen molar-refractivity contribution in [1.29, 1.82) is 0 Å². The number of hydrogen-bond acceptors (Lipinski definition) is 4. The third kappa shape index (κ3) is 2.55. The molecule has 0 bridgehead atoms. The van der Waals surface area contributed by atoms with Crippen LogP contribution in [-0.2, 0) is 9.59 Å². The Labute approximate surface area is 89.7 Å². The minimum absolute atomic E-state index is 0.0244. The number of carbonyl (C=O) groups is 3. The molecular weight excluding hydrogens is 216 g/mol. The second-order valence-electron chi connectivity index (χ2n) is 2.75. The largest absolute Gasteiger partial charge is 0.478 e. The van der Waals surface area contributed by atoms with Gasteiger partial charge in [0.2, 0.25) is 0 Å². The lowest BCUT2D eigenvalue weighted by Gasteiger charge is -2.06. The average molecular weight is 224 g/mol. The van der Waals surface area contributed by atoms with E-state index in [4.69, 9.17) is 10.3 Å². The molecule has 0 heterocycles. The van der Waals surface area contributed by atoms with Crippen molar-refractivity contribution < 1.29 is 24.7 Å². The topological polar surface area (TPSA) is 116 Å². The van der Waals surface area contributed by atoms with Crippen LogP contribution in [0.3, 0.4) is 0 Å². The van der Waals surface area contributed by atoms with E-state index in [1.807, 2.05) is 0 Å². The monoisotopic (exact) mass is 224 g/mol. The molecule has 0 aliphatic carbocycles. The Balaban J connectivity index is 2.93. The number of aromatic carboxylic acids is 1. The summed E-state index contributed by atoms with van der Waals surface area (Å²) in [7, 11) is 0. The molecule has 0 atom stereocenters. The predicted molar refractivity (Wildman–Crippen MR) is 52.0 cm³/mol. The van der Waals surface area contributed by atoms with Gasteiger partial charge in [-0.3, -0.25) is 14.8 Å². The molecule has 1 aromatic carbocycles. The van der Waals surface area contributed by atoms with Crippen LogP contribution in [0.1, 0.15) is 10.4 Å². The van der Waals surface area contributed by atoms with Gasteiger partial charge >= 0.3 is 17.8 Å². The summed E-state index contributed by atoms with van der Waals surface area (Å²) < 4.78 is 0. The van der Waals surface area contributed by atoms with Gasteiger partial charge in [-0.05, 0) is 12.1 Å². The number of anilines is 1. The van der Waals surface area contributed by atoms with Crippen LogP contribution < -0.4 is 10.8 Å². The van der Waals surface area contributed by atoms with E-state index in [9.17, 15) is 14.4 Å². The minimum Gasteiger partial charge on any atom is -0.478 e. The SMILES string of the molecule is O=C(NO)C(=O)Nc1ccccc1C(=O)O. The van der Waals surface area contributed by atoms with Crippen molar-refractivity contribution in [3.05, 3.63) is 29.8 Å². The molecule has 0 saturated carbocycles. The Morgan fingerprint density at radius 1 is 1.06 bits per heavy atom. The quantitative estimate of drug-likeness (QED) is 0.316. The second-order valence-corrected chi connectivity index (χ2v) is 2.75. The Bertz CT molecular complexity index is 443. The molecule has 0 aromatic heterocycles. The zero-order valence-electron chi connectivity index (χ0n) is 7.93. The Kier molecular flexibility index (Phi) is 3.57. The summed E-state index contributed by atoms with van der Waals surface area (Å²) in [5.41, 5.74) is 0.960. The molecular formula is C9H8N2O5. The van der Waals surface area contributed by atoms with Crippen LogP contribution in [0.15, 0.2) is 24.3 Å². The third-order valence-corrected chi connectivity index (χ3v) is 1.71. The number of para-hydroxylation sites is 1. The second kappa shape index (κ2) is 4.89. The van der Waals surface area contributed by atoms with Gasteiger partial charge in [0.1, 0.15) is 0 Å². The first-order valence-electron chi connectivity index (χ1n) is 4.14. The summed E-state index contributed by atoms with van der Waals surface area (Å²) in [6.07, 6.45) is 0. The Morgan fingerprint density at radius 2 is 1.69 bits per heavy atom. The summed E-state index contributed by atoms with van der Waals surface area (Å²) in [4.78, 5) is 32.5. The number of benzene rings is 1. The summed E-state index contributed by atoms with van der Waals surface area (Å²) in [5, 5.41) is 19.0. The van der Waals surface area contributed by atoms with E-state index >= 15 is 0 Å². The van der Waals surface area contributed by atoms with Crippen LogP contribution in [0.25, 0.3) is 0 Å². The van der Waals surface area contributed by atoms with Crippen LogP contribution in [0.2, 0.25) is 0 Å². The number of carbonyl (C=O) groups excluding carboxylic acids is 2. The van der Waals surface area contributed by atoms with Gasteiger partial charge in [-0.2, -0.15) is 0 Å². The zero-order chi connectivity index (χ0) is 12.1. The molecule has 0 fully saturated rings. The van der Waals surface area contributed by atoms with Crippen molar-refractivity contribution in [2.75, 3.05) is 5.32 Å². The van der Waals surface area contributed by atoms with E-state index in [0.29, 0.717) is 0 Å². The highest BCUT2D eigenvalue weighted by Gasteiger charge is 2.16. The van der Waals surface area contributed by atoms with Gasteiger partial charge in [-0.25, -0.2) is 10.3 Å². The van der Waals surface area contributed by atoms with Crippen LogP contribution in [-0.4, -0.2) is 28.1 Å². The molecule has 0 aliphatic rings. The highest BCUT2D eigenvalue weighted by atomic mass is 16.5. The number of amides is 2. The third-order valence-electron chi connectivity index (χ3n) is 1.71. The number of hydrogen-bond donors (Lipinski definition) is 4. The summed E-state index contributed by atoms with van der Waals surface area (Å²) in [5.74, 6) is -3.67. The van der Waals surface area contributed by atoms with E-state index in [2.05, 4.69) is 5.32 Å². The number of carboxylic acids is 1. The number of nitrogens with one attached hydrogen (secondary N) is 2. The molecule has 4 N–H and O–H groups in total. The number of carboxylic acid groups (broad SMARTS) is 1. The Hall–Kier alpha value is -2.41. The molecule has 0 spiro atoms. The van der Waals surface area contributed by atoms with Gasteiger partial charge in [0.05, 0.1) is 11.3 Å². The maximum atomic E-state index is 11.0. The molecule has 7 nitrogen and oxygen atoms in total. The lowest BCUT2D eigenvalue weighted by Crippen LogP contribution is -2.33. The predicted octanol–water partition coefficient (Wildman–Crippen LogP) is -0.171. The summed E-state index contributed by atoms with van der Waals surface area (Å²) in [6.45, 7) is 0. The summed E-state index contributed by atoms with van der Waals surface area (Å²) in [6, 6.07) is 5.57. The fourth-order valence-corrected chi connectivity index (χ4v) is 1.01. The first-order chi connectivity index (χ1) is 7.56. The average Bonchev–Trinajstić information content (AvgIpc) is 2.28. The lowest BCUT2D eigenvalue weighted by atomic mass is 10.2. The van der Waals surface area contributed by atoms with Crippen LogP contribution >= 0.6 is 0 Å². The molecule has 0 radical (unpaired) electrons. The lowest BCUT2D eigenvalue weighted by molar-refractivity contribution is -0.141. The van der Waals surface area contributed by atoms with Crippen molar-refractivity contribution in [3.8, 4) is 0 Å². The molecule has 0 saturated heterocycles. The van der Waals surface area contributed by atoms with Gasteiger partial charge in [0.25, 0.3) is 0 Å². The van der Waals surface area contributed by atoms with E-state index in [1.54, 1.807) is 0 Å². The molecule has 1 aromatic rings. The minimum atomic E-state index is -1.28. The normalized spacial score (nSPS) is 9.31. The molecule has 0 unspecified atom stereocenters. The van der Waals surface area contributed by atoms with Crippen molar-refractivity contribution in [2.24, 2.45) is 0 Å². The fraction of sp³-hybridized carbons (Fsp3) is 0. The molecule has 2 amide bonds. The Morgan fingerprint density at radius 3 is 2.25 bits per heavy atom. The van der Waals surface area contributed by atoms with Gasteiger partial charge in [-0.1, -0.05) is 12.1 Å². The highest BCUT2D eigenvalue weighted by molar-refractivity contribution is 6.39. The maximum Gasteiger partial charge on any atom is 0.337 e. The molecule has 84 valence electrons. The zero-order valence-corrected chi connectivity index (χ0v) is 7.93. The van der Waals surface area contributed by atoms with E-state index in [0.717, 1.165) is 5.48 Å². The molecule has 1 rings (SSSR count). The van der Waals surface area contributed by atoms with Gasteiger partial charge in [-0.15, -0.1) is 0 Å². The summed E-state index contributed by atoms with van der Waals surface area (Å²) >= 11 is 0. The smallest absolute Gasteiger partial charge is 0.337 e. The molecule has 7 heteroatoms. The van der Waals surface area contributed by atoms with Crippen molar-refractivity contribution in [2.45, 2.75) is 0 Å². The fourth-order valence-electron chi connectivity index (χ4n) is 1.01. The highest BCUT2D eigenvalue weighted by Crippen LogP contribution is 2.14. The van der Waals surface area contributed by atoms with E-state index < -0.39 is 17.8 Å². The van der Waals surface area contributed by atoms with Crippen LogP contribution in [0.4, 0.5) is 5.69 Å². The van der Waals surface area contributed by atoms with Crippen molar-refractivity contribution >= 4 is 23.5 Å². The van der Waals surface area contributed by atoms with Crippen molar-refractivity contribution in [3.63, 3.8) is 0 Å². The maximum absolute atomic E-state index is 11.0. The molecule has 16 heavy (non-hydrogen) atoms. The van der Waals surface area contributed by atoms with Gasteiger partial charge < -0.3 is 10.4 Å². The van der Waals surface area contributed by atoms with E-state index in [1.165, 1.54) is 24.3 Å². The van der Waals surface area contributed by atoms with Crippen LogP contribution in [0.5, 0.6) is 0 Å². The van der Waals surface area contributed by atoms with Crippen molar-refractivity contribution in [1.82, 2.24) is 5.48 Å².